The first kappa shape index (κ1) is 18.0. The highest BCUT2D eigenvalue weighted by Crippen LogP contribution is 2.13. The molecule has 2 N–H and O–H groups in total. The molecule has 1 saturated heterocycles. The Morgan fingerprint density at radius 1 is 1.14 bits per heavy atom. The van der Waals surface area contributed by atoms with E-state index in [0.717, 1.165) is 26.2 Å². The maximum atomic E-state index is 12.0. The Labute approximate surface area is 123 Å². The van der Waals surface area contributed by atoms with Gasteiger partial charge >= 0.3 is 12.2 Å². The maximum absolute atomic E-state index is 12.0. The first-order valence-electron chi connectivity index (χ1n) is 7.20. The van der Waals surface area contributed by atoms with Crippen molar-refractivity contribution in [1.82, 2.24) is 20.4 Å². The summed E-state index contributed by atoms with van der Waals surface area (Å²) in [5.74, 6) is 0.316. The third-order valence-corrected chi connectivity index (χ3v) is 3.70. The van der Waals surface area contributed by atoms with Gasteiger partial charge in [-0.05, 0) is 13.0 Å². The van der Waals surface area contributed by atoms with Gasteiger partial charge in [0.1, 0.15) is 6.54 Å². The van der Waals surface area contributed by atoms with Crippen molar-refractivity contribution in [3.63, 3.8) is 0 Å². The molecule has 2 amide bonds. The molecule has 1 aliphatic heterocycles. The van der Waals surface area contributed by atoms with Crippen molar-refractivity contribution < 1.29 is 18.0 Å². The number of carbonyl (C=O) groups is 1. The average molecular weight is 310 g/mol. The summed E-state index contributed by atoms with van der Waals surface area (Å²) in [6.45, 7) is 6.89. The molecule has 0 aromatic rings. The summed E-state index contributed by atoms with van der Waals surface area (Å²) in [6.07, 6.45) is -4.38. The molecule has 124 valence electrons. The van der Waals surface area contributed by atoms with Crippen LogP contribution in [0.25, 0.3) is 0 Å². The molecule has 1 unspecified atom stereocenters. The van der Waals surface area contributed by atoms with E-state index >= 15 is 0 Å². The average Bonchev–Trinajstić information content (AvgIpc) is 2.37. The minimum Gasteiger partial charge on any atom is -0.337 e. The smallest absolute Gasteiger partial charge is 0.337 e. The Bertz CT molecular complexity index is 328. The standard InChI is InChI=1S/C13H25F3N4O/c1-10(2)11(20-6-4-19(3)5-7-20)8-17-12(21)18-9-13(14,15)16/h10-11H,4-9H2,1-3H3,(H2,17,18,21). The molecule has 0 aliphatic carbocycles. The van der Waals surface area contributed by atoms with Crippen LogP contribution in [0, 0.1) is 5.92 Å². The minimum atomic E-state index is -4.38. The van der Waals surface area contributed by atoms with Crippen molar-refractivity contribution >= 4 is 6.03 Å². The van der Waals surface area contributed by atoms with E-state index in [1.807, 2.05) is 5.32 Å². The lowest BCUT2D eigenvalue weighted by atomic mass is 10.0. The van der Waals surface area contributed by atoms with Gasteiger partial charge in [0.2, 0.25) is 0 Å². The van der Waals surface area contributed by atoms with E-state index < -0.39 is 18.8 Å². The van der Waals surface area contributed by atoms with Crippen LogP contribution in [0.5, 0.6) is 0 Å². The van der Waals surface area contributed by atoms with Crippen LogP contribution >= 0.6 is 0 Å². The van der Waals surface area contributed by atoms with Crippen molar-refractivity contribution in [2.24, 2.45) is 5.92 Å². The second kappa shape index (κ2) is 7.84. The molecule has 1 atom stereocenters. The molecular weight excluding hydrogens is 285 g/mol. The van der Waals surface area contributed by atoms with E-state index in [-0.39, 0.29) is 6.04 Å². The van der Waals surface area contributed by atoms with Crippen molar-refractivity contribution in [2.75, 3.05) is 46.3 Å². The van der Waals surface area contributed by atoms with Gasteiger partial charge in [0.25, 0.3) is 0 Å². The number of nitrogens with zero attached hydrogens (tertiary/aromatic N) is 2. The molecule has 0 aromatic carbocycles. The molecular formula is C13H25F3N4O. The van der Waals surface area contributed by atoms with Gasteiger partial charge in [-0.15, -0.1) is 0 Å². The third-order valence-electron chi connectivity index (χ3n) is 3.70. The van der Waals surface area contributed by atoms with E-state index in [1.165, 1.54) is 0 Å². The molecule has 1 aliphatic rings. The van der Waals surface area contributed by atoms with Gasteiger partial charge in [-0.3, -0.25) is 4.90 Å². The monoisotopic (exact) mass is 310 g/mol. The summed E-state index contributed by atoms with van der Waals surface area (Å²) < 4.78 is 36.0. The molecule has 1 fully saturated rings. The first-order chi connectivity index (χ1) is 9.69. The summed E-state index contributed by atoms with van der Waals surface area (Å²) in [5, 5.41) is 4.36. The summed E-state index contributed by atoms with van der Waals surface area (Å²) in [7, 11) is 2.06. The zero-order chi connectivity index (χ0) is 16.0. The number of carbonyl (C=O) groups excluding carboxylic acids is 1. The largest absolute Gasteiger partial charge is 0.405 e. The number of rotatable bonds is 5. The van der Waals surface area contributed by atoms with Crippen LogP contribution in [0.1, 0.15) is 13.8 Å². The number of hydrogen-bond acceptors (Lipinski definition) is 3. The van der Waals surface area contributed by atoms with E-state index in [9.17, 15) is 18.0 Å². The maximum Gasteiger partial charge on any atom is 0.405 e. The van der Waals surface area contributed by atoms with Crippen LogP contribution in [-0.4, -0.2) is 74.4 Å². The Morgan fingerprint density at radius 2 is 1.71 bits per heavy atom. The van der Waals surface area contributed by atoms with E-state index in [0.29, 0.717) is 12.5 Å². The second-order valence-electron chi connectivity index (χ2n) is 5.83. The van der Waals surface area contributed by atoms with Gasteiger partial charge in [0, 0.05) is 38.8 Å². The highest BCUT2D eigenvalue weighted by atomic mass is 19.4. The summed E-state index contributed by atoms with van der Waals surface area (Å²) >= 11 is 0. The number of nitrogens with one attached hydrogen (secondary N) is 2. The van der Waals surface area contributed by atoms with Gasteiger partial charge in [0.05, 0.1) is 0 Å². The molecule has 0 bridgehead atoms. The molecule has 8 heteroatoms. The van der Waals surface area contributed by atoms with Crippen LogP contribution in [0.4, 0.5) is 18.0 Å². The molecule has 21 heavy (non-hydrogen) atoms. The van der Waals surface area contributed by atoms with Crippen LogP contribution < -0.4 is 10.6 Å². The lowest BCUT2D eigenvalue weighted by Gasteiger charge is -2.39. The summed E-state index contributed by atoms with van der Waals surface area (Å²) in [5.41, 5.74) is 0. The van der Waals surface area contributed by atoms with Crippen molar-refractivity contribution in [1.29, 1.82) is 0 Å². The van der Waals surface area contributed by atoms with Gasteiger partial charge in [-0.25, -0.2) is 4.79 Å². The van der Waals surface area contributed by atoms with Crippen LogP contribution in [-0.2, 0) is 0 Å². The highest BCUT2D eigenvalue weighted by Gasteiger charge is 2.28. The zero-order valence-corrected chi connectivity index (χ0v) is 12.8. The minimum absolute atomic E-state index is 0.135. The predicted molar refractivity (Wildman–Crippen MR) is 75.2 cm³/mol. The Kier molecular flexibility index (Phi) is 6.73. The van der Waals surface area contributed by atoms with Crippen molar-refractivity contribution in [3.05, 3.63) is 0 Å². The number of halogens is 3. The Hall–Kier alpha value is -1.02. The number of amides is 2. The number of likely N-dealkylation sites (N-methyl/N-ethyl adjacent to an activating group) is 1. The zero-order valence-electron chi connectivity index (χ0n) is 12.8. The second-order valence-corrected chi connectivity index (χ2v) is 5.83. The molecule has 1 heterocycles. The number of hydrogen-bond donors (Lipinski definition) is 2. The number of alkyl halides is 3. The molecule has 0 radical (unpaired) electrons. The Balaban J connectivity index is 2.39. The lowest BCUT2D eigenvalue weighted by molar-refractivity contribution is -0.122. The third kappa shape index (κ3) is 6.99. The molecule has 5 nitrogen and oxygen atoms in total. The lowest BCUT2D eigenvalue weighted by Crippen LogP contribution is -2.55. The van der Waals surface area contributed by atoms with Crippen LogP contribution in [0.15, 0.2) is 0 Å². The normalized spacial score (nSPS) is 19.6. The molecule has 0 aromatic heterocycles. The van der Waals surface area contributed by atoms with Gasteiger partial charge in [0.15, 0.2) is 0 Å². The fourth-order valence-corrected chi connectivity index (χ4v) is 2.38. The fourth-order valence-electron chi connectivity index (χ4n) is 2.38. The van der Waals surface area contributed by atoms with E-state index in [2.05, 4.69) is 36.0 Å². The van der Waals surface area contributed by atoms with Crippen LogP contribution in [0.3, 0.4) is 0 Å². The topological polar surface area (TPSA) is 47.6 Å². The summed E-state index contributed by atoms with van der Waals surface area (Å²) in [6, 6.07) is -0.637. The Morgan fingerprint density at radius 3 is 2.19 bits per heavy atom. The molecule has 0 saturated carbocycles. The highest BCUT2D eigenvalue weighted by molar-refractivity contribution is 5.73. The van der Waals surface area contributed by atoms with Crippen molar-refractivity contribution in [3.8, 4) is 0 Å². The van der Waals surface area contributed by atoms with E-state index in [4.69, 9.17) is 0 Å². The summed E-state index contributed by atoms with van der Waals surface area (Å²) in [4.78, 5) is 15.9. The molecule has 0 spiro atoms. The number of urea groups is 1. The van der Waals surface area contributed by atoms with Gasteiger partial charge in [-0.1, -0.05) is 13.8 Å². The van der Waals surface area contributed by atoms with Crippen LogP contribution in [0.2, 0.25) is 0 Å². The molecule has 1 rings (SSSR count). The fraction of sp³-hybridized carbons (Fsp3) is 0.923. The van der Waals surface area contributed by atoms with Gasteiger partial charge in [-0.2, -0.15) is 13.2 Å². The number of piperazine rings is 1. The predicted octanol–water partition coefficient (Wildman–Crippen LogP) is 1.12. The first-order valence-corrected chi connectivity index (χ1v) is 7.20. The van der Waals surface area contributed by atoms with E-state index in [1.54, 1.807) is 0 Å². The van der Waals surface area contributed by atoms with Gasteiger partial charge < -0.3 is 15.5 Å². The quantitative estimate of drug-likeness (QED) is 0.800. The SMILES string of the molecule is CC(C)C(CNC(=O)NCC(F)(F)F)N1CCN(C)CC1. The van der Waals surface area contributed by atoms with Crippen molar-refractivity contribution in [2.45, 2.75) is 26.1 Å².